The van der Waals surface area contributed by atoms with Crippen LogP contribution in [0.2, 0.25) is 0 Å². The first-order chi connectivity index (χ1) is 13.6. The molecule has 0 radical (unpaired) electrons. The van der Waals surface area contributed by atoms with Crippen molar-refractivity contribution in [3.63, 3.8) is 0 Å². The average Bonchev–Trinajstić information content (AvgIpc) is 3.51. The van der Waals surface area contributed by atoms with Gasteiger partial charge in [0.05, 0.1) is 0 Å². The van der Waals surface area contributed by atoms with E-state index in [0.717, 1.165) is 18.8 Å². The zero-order valence-electron chi connectivity index (χ0n) is 15.7. The molecule has 0 aromatic heterocycles. The molecule has 2 aliphatic rings. The van der Waals surface area contributed by atoms with Crippen LogP contribution in [0.25, 0.3) is 0 Å². The van der Waals surface area contributed by atoms with Gasteiger partial charge in [0.2, 0.25) is 11.8 Å². The van der Waals surface area contributed by atoms with E-state index in [0.29, 0.717) is 24.2 Å². The lowest BCUT2D eigenvalue weighted by molar-refractivity contribution is -0.131. The molecule has 0 spiro atoms. The SMILES string of the molecule is O=C(Nc1ccc(N2CCCCC2)cc1)C1(C(=O)Nc2cccc(F)c2)CC1. The highest BCUT2D eigenvalue weighted by Gasteiger charge is 2.56. The van der Waals surface area contributed by atoms with E-state index in [9.17, 15) is 14.0 Å². The van der Waals surface area contributed by atoms with Gasteiger partial charge in [0, 0.05) is 30.2 Å². The van der Waals surface area contributed by atoms with Crippen LogP contribution in [0.3, 0.4) is 0 Å². The summed E-state index contributed by atoms with van der Waals surface area (Å²) in [5.41, 5.74) is 1.12. The second-order valence-corrected chi connectivity index (χ2v) is 7.60. The Balaban J connectivity index is 1.39. The molecule has 2 aromatic carbocycles. The molecule has 1 aliphatic heterocycles. The lowest BCUT2D eigenvalue weighted by Crippen LogP contribution is -2.35. The van der Waals surface area contributed by atoms with Gasteiger partial charge in [-0.25, -0.2) is 4.39 Å². The Labute approximate surface area is 163 Å². The number of carbonyl (C=O) groups is 2. The number of benzene rings is 2. The van der Waals surface area contributed by atoms with Crippen molar-refractivity contribution in [2.45, 2.75) is 32.1 Å². The van der Waals surface area contributed by atoms with Crippen LogP contribution in [-0.2, 0) is 9.59 Å². The third-order valence-electron chi connectivity index (χ3n) is 5.55. The Morgan fingerprint density at radius 1 is 0.857 bits per heavy atom. The molecule has 6 heteroatoms. The molecular formula is C22H24FN3O2. The molecule has 1 saturated carbocycles. The Hall–Kier alpha value is -2.89. The van der Waals surface area contributed by atoms with Crippen molar-refractivity contribution in [1.29, 1.82) is 0 Å². The summed E-state index contributed by atoms with van der Waals surface area (Å²) < 4.78 is 13.3. The summed E-state index contributed by atoms with van der Waals surface area (Å²) in [6.45, 7) is 2.13. The van der Waals surface area contributed by atoms with E-state index in [2.05, 4.69) is 15.5 Å². The molecule has 2 amide bonds. The number of anilines is 3. The summed E-state index contributed by atoms with van der Waals surface area (Å²) in [5, 5.41) is 5.52. The highest BCUT2D eigenvalue weighted by molar-refractivity contribution is 6.16. The first-order valence-electron chi connectivity index (χ1n) is 9.80. The average molecular weight is 381 g/mol. The van der Waals surface area contributed by atoms with Crippen LogP contribution >= 0.6 is 0 Å². The van der Waals surface area contributed by atoms with Crippen molar-refractivity contribution in [1.82, 2.24) is 0 Å². The molecule has 4 rings (SSSR count). The van der Waals surface area contributed by atoms with Gasteiger partial charge < -0.3 is 15.5 Å². The largest absolute Gasteiger partial charge is 0.372 e. The third-order valence-corrected chi connectivity index (χ3v) is 5.55. The zero-order valence-corrected chi connectivity index (χ0v) is 15.7. The summed E-state index contributed by atoms with van der Waals surface area (Å²) in [4.78, 5) is 27.7. The zero-order chi connectivity index (χ0) is 19.6. The Morgan fingerprint density at radius 2 is 1.50 bits per heavy atom. The molecule has 146 valence electrons. The van der Waals surface area contributed by atoms with Gasteiger partial charge in [0.1, 0.15) is 11.2 Å². The van der Waals surface area contributed by atoms with Crippen LogP contribution in [0, 0.1) is 11.2 Å². The van der Waals surface area contributed by atoms with Crippen LogP contribution in [0.5, 0.6) is 0 Å². The van der Waals surface area contributed by atoms with Gasteiger partial charge in [-0.1, -0.05) is 6.07 Å². The van der Waals surface area contributed by atoms with Crippen molar-refractivity contribution < 1.29 is 14.0 Å². The number of hydrogen-bond donors (Lipinski definition) is 2. The van der Waals surface area contributed by atoms with Crippen molar-refractivity contribution in [3.8, 4) is 0 Å². The molecule has 28 heavy (non-hydrogen) atoms. The second kappa shape index (κ2) is 7.62. The number of amides is 2. The number of nitrogens with zero attached hydrogens (tertiary/aromatic N) is 1. The van der Waals surface area contributed by atoms with E-state index >= 15 is 0 Å². The monoisotopic (exact) mass is 381 g/mol. The fourth-order valence-electron chi connectivity index (χ4n) is 3.66. The molecule has 5 nitrogen and oxygen atoms in total. The van der Waals surface area contributed by atoms with Gasteiger partial charge in [-0.3, -0.25) is 9.59 Å². The highest BCUT2D eigenvalue weighted by atomic mass is 19.1. The Morgan fingerprint density at radius 3 is 2.11 bits per heavy atom. The smallest absolute Gasteiger partial charge is 0.240 e. The van der Waals surface area contributed by atoms with E-state index in [-0.39, 0.29) is 11.8 Å². The number of nitrogens with one attached hydrogen (secondary N) is 2. The summed E-state index contributed by atoms with van der Waals surface area (Å²) in [6.07, 6.45) is 4.69. The van der Waals surface area contributed by atoms with Gasteiger partial charge in [0.25, 0.3) is 0 Å². The molecule has 2 fully saturated rings. The Kier molecular flexibility index (Phi) is 5.03. The standard InChI is InChI=1S/C22H24FN3O2/c23-16-5-4-6-18(15-16)25-21(28)22(11-12-22)20(27)24-17-7-9-19(10-8-17)26-13-2-1-3-14-26/h4-10,15H,1-3,11-14H2,(H,24,27)(H,25,28). The van der Waals surface area contributed by atoms with Crippen molar-refractivity contribution >= 4 is 28.9 Å². The number of rotatable bonds is 5. The lowest BCUT2D eigenvalue weighted by Gasteiger charge is -2.28. The fourth-order valence-corrected chi connectivity index (χ4v) is 3.66. The van der Waals surface area contributed by atoms with Gasteiger partial charge >= 0.3 is 0 Å². The predicted molar refractivity (Wildman–Crippen MR) is 108 cm³/mol. The van der Waals surface area contributed by atoms with Crippen LogP contribution < -0.4 is 15.5 Å². The maximum atomic E-state index is 13.3. The van der Waals surface area contributed by atoms with Crippen LogP contribution in [-0.4, -0.2) is 24.9 Å². The molecule has 2 N–H and O–H groups in total. The second-order valence-electron chi connectivity index (χ2n) is 7.60. The Bertz CT molecular complexity index is 872. The molecule has 2 aromatic rings. The van der Waals surface area contributed by atoms with E-state index in [1.54, 1.807) is 6.07 Å². The summed E-state index contributed by atoms with van der Waals surface area (Å²) in [5.74, 6) is -1.13. The van der Waals surface area contributed by atoms with Crippen molar-refractivity contribution in [3.05, 3.63) is 54.3 Å². The normalized spacial score (nSPS) is 17.7. The quantitative estimate of drug-likeness (QED) is 0.764. The topological polar surface area (TPSA) is 61.4 Å². The first kappa shape index (κ1) is 18.5. The molecule has 1 aliphatic carbocycles. The minimum Gasteiger partial charge on any atom is -0.372 e. The van der Waals surface area contributed by atoms with Crippen LogP contribution in [0.15, 0.2) is 48.5 Å². The molecule has 0 bridgehead atoms. The predicted octanol–water partition coefficient (Wildman–Crippen LogP) is 4.17. The summed E-state index contributed by atoms with van der Waals surface area (Å²) in [7, 11) is 0. The lowest BCUT2D eigenvalue weighted by atomic mass is 10.0. The van der Waals surface area contributed by atoms with Gasteiger partial charge in [-0.15, -0.1) is 0 Å². The van der Waals surface area contributed by atoms with Gasteiger partial charge in [-0.05, 0) is 74.6 Å². The summed E-state index contributed by atoms with van der Waals surface area (Å²) in [6, 6.07) is 13.4. The third kappa shape index (κ3) is 3.86. The van der Waals surface area contributed by atoms with Crippen molar-refractivity contribution in [2.75, 3.05) is 28.6 Å². The number of piperidine rings is 1. The van der Waals surface area contributed by atoms with E-state index in [1.165, 1.54) is 37.5 Å². The number of halogens is 1. The maximum absolute atomic E-state index is 13.3. The fraction of sp³-hybridized carbons (Fsp3) is 0.364. The van der Waals surface area contributed by atoms with Crippen LogP contribution in [0.1, 0.15) is 32.1 Å². The summed E-state index contributed by atoms with van der Waals surface area (Å²) >= 11 is 0. The van der Waals surface area contributed by atoms with Gasteiger partial charge in [-0.2, -0.15) is 0 Å². The molecule has 1 heterocycles. The first-order valence-corrected chi connectivity index (χ1v) is 9.80. The molecule has 0 atom stereocenters. The minimum atomic E-state index is -1.07. The molecular weight excluding hydrogens is 357 g/mol. The van der Waals surface area contributed by atoms with Crippen LogP contribution in [0.4, 0.5) is 21.5 Å². The van der Waals surface area contributed by atoms with E-state index < -0.39 is 11.2 Å². The van der Waals surface area contributed by atoms with E-state index in [4.69, 9.17) is 0 Å². The maximum Gasteiger partial charge on any atom is 0.240 e. The van der Waals surface area contributed by atoms with Gasteiger partial charge in [0.15, 0.2) is 0 Å². The number of hydrogen-bond acceptors (Lipinski definition) is 3. The van der Waals surface area contributed by atoms with Crippen molar-refractivity contribution in [2.24, 2.45) is 5.41 Å². The highest BCUT2D eigenvalue weighted by Crippen LogP contribution is 2.47. The minimum absolute atomic E-state index is 0.313. The molecule has 0 unspecified atom stereocenters. The molecule has 1 saturated heterocycles. The van der Waals surface area contributed by atoms with E-state index in [1.807, 2.05) is 24.3 Å². The number of carbonyl (C=O) groups excluding carboxylic acids is 2.